The lowest BCUT2D eigenvalue weighted by Gasteiger charge is -2.15. The fraction of sp³-hybridized carbons (Fsp3) is 0.308. The summed E-state index contributed by atoms with van der Waals surface area (Å²) in [6.07, 6.45) is -0.937. The molecule has 0 heterocycles. The van der Waals surface area contributed by atoms with Gasteiger partial charge in [-0.25, -0.2) is 4.79 Å². The van der Waals surface area contributed by atoms with Crippen molar-refractivity contribution in [1.29, 1.82) is 0 Å². The van der Waals surface area contributed by atoms with Crippen LogP contribution in [0.1, 0.15) is 29.8 Å². The van der Waals surface area contributed by atoms with Crippen molar-refractivity contribution in [2.24, 2.45) is 5.73 Å². The van der Waals surface area contributed by atoms with Crippen LogP contribution in [0, 0.1) is 6.92 Å². The molecule has 1 atom stereocenters. The van der Waals surface area contributed by atoms with E-state index in [4.69, 9.17) is 10.5 Å². The number of benzene rings is 1. The Morgan fingerprint density at radius 2 is 1.95 bits per heavy atom. The van der Waals surface area contributed by atoms with E-state index in [1.165, 1.54) is 13.8 Å². The van der Waals surface area contributed by atoms with E-state index >= 15 is 0 Å². The van der Waals surface area contributed by atoms with Gasteiger partial charge in [0, 0.05) is 0 Å². The van der Waals surface area contributed by atoms with Crippen molar-refractivity contribution in [3.05, 3.63) is 29.3 Å². The van der Waals surface area contributed by atoms with Crippen LogP contribution >= 0.6 is 0 Å². The predicted molar refractivity (Wildman–Crippen MR) is 69.0 cm³/mol. The quantitative estimate of drug-likeness (QED) is 0.797. The first-order valence-electron chi connectivity index (χ1n) is 5.69. The molecule has 6 nitrogen and oxygen atoms in total. The van der Waals surface area contributed by atoms with Gasteiger partial charge < -0.3 is 10.5 Å². The molecule has 3 amide bonds. The molecular formula is C13H16N2O4. The molecule has 1 unspecified atom stereocenters. The third-order valence-corrected chi connectivity index (χ3v) is 2.43. The zero-order valence-electron chi connectivity index (χ0n) is 11.0. The number of ether oxygens (including phenoxy) is 1. The number of nitrogens with two attached hydrogens (primary N) is 1. The number of hydrogen-bond donors (Lipinski definition) is 2. The average Bonchev–Trinajstić information content (AvgIpc) is 2.30. The molecule has 0 saturated carbocycles. The summed E-state index contributed by atoms with van der Waals surface area (Å²) < 4.78 is 5.38. The van der Waals surface area contributed by atoms with E-state index in [1.54, 1.807) is 18.2 Å². The maximum Gasteiger partial charge on any atom is 0.318 e. The van der Waals surface area contributed by atoms with Gasteiger partial charge in [-0.15, -0.1) is 0 Å². The van der Waals surface area contributed by atoms with Crippen molar-refractivity contribution >= 4 is 17.7 Å². The Morgan fingerprint density at radius 3 is 2.47 bits per heavy atom. The lowest BCUT2D eigenvalue weighted by atomic mass is 10.1. The number of Topliss-reactive ketones (excluding diaryl/α,β-unsaturated/α-hetero) is 1. The molecule has 19 heavy (non-hydrogen) atoms. The fourth-order valence-corrected chi connectivity index (χ4v) is 1.49. The van der Waals surface area contributed by atoms with Gasteiger partial charge in [0.15, 0.2) is 11.9 Å². The van der Waals surface area contributed by atoms with Crippen molar-refractivity contribution in [2.45, 2.75) is 26.9 Å². The molecule has 0 aliphatic carbocycles. The van der Waals surface area contributed by atoms with E-state index in [0.717, 1.165) is 5.56 Å². The van der Waals surface area contributed by atoms with E-state index in [-0.39, 0.29) is 5.78 Å². The minimum atomic E-state index is -0.948. The molecule has 3 N–H and O–H groups in total. The first-order chi connectivity index (χ1) is 8.81. The van der Waals surface area contributed by atoms with E-state index in [2.05, 4.69) is 0 Å². The molecule has 1 rings (SSSR count). The van der Waals surface area contributed by atoms with Crippen LogP contribution < -0.4 is 15.8 Å². The molecule has 0 radical (unpaired) electrons. The highest BCUT2D eigenvalue weighted by Crippen LogP contribution is 2.21. The number of aryl methyl sites for hydroxylation is 1. The highest BCUT2D eigenvalue weighted by atomic mass is 16.5. The second-order valence-electron chi connectivity index (χ2n) is 4.17. The lowest BCUT2D eigenvalue weighted by molar-refractivity contribution is -0.126. The molecule has 0 saturated heterocycles. The monoisotopic (exact) mass is 264 g/mol. The van der Waals surface area contributed by atoms with Crippen molar-refractivity contribution < 1.29 is 19.1 Å². The summed E-state index contributed by atoms with van der Waals surface area (Å²) in [5.74, 6) is -0.533. The molecule has 0 aliphatic rings. The number of rotatable bonds is 4. The Hall–Kier alpha value is -2.37. The first-order valence-corrected chi connectivity index (χ1v) is 5.69. The van der Waals surface area contributed by atoms with E-state index in [9.17, 15) is 14.4 Å². The number of carbonyl (C=O) groups excluding carboxylic acids is 3. The number of primary amides is 1. The van der Waals surface area contributed by atoms with Crippen molar-refractivity contribution in [3.63, 3.8) is 0 Å². The molecule has 0 fully saturated rings. The molecule has 0 aromatic heterocycles. The van der Waals surface area contributed by atoms with Crippen LogP contribution in [0.4, 0.5) is 4.79 Å². The van der Waals surface area contributed by atoms with E-state index in [0.29, 0.717) is 11.3 Å². The summed E-state index contributed by atoms with van der Waals surface area (Å²) in [4.78, 5) is 33.5. The summed E-state index contributed by atoms with van der Waals surface area (Å²) in [6.45, 7) is 4.72. The zero-order valence-corrected chi connectivity index (χ0v) is 11.0. The number of ketones is 1. The Labute approximate surface area is 110 Å². The molecule has 1 aromatic rings. The van der Waals surface area contributed by atoms with Crippen LogP contribution in [0.15, 0.2) is 18.2 Å². The Morgan fingerprint density at radius 1 is 1.32 bits per heavy atom. The van der Waals surface area contributed by atoms with Crippen LogP contribution in [-0.4, -0.2) is 23.8 Å². The third kappa shape index (κ3) is 4.09. The smallest absolute Gasteiger partial charge is 0.318 e. The summed E-state index contributed by atoms with van der Waals surface area (Å²) in [5, 5.41) is 1.91. The van der Waals surface area contributed by atoms with Gasteiger partial charge in [-0.05, 0) is 32.9 Å². The van der Waals surface area contributed by atoms with Gasteiger partial charge in [-0.1, -0.05) is 11.6 Å². The zero-order chi connectivity index (χ0) is 14.6. The first kappa shape index (κ1) is 14.7. The van der Waals surface area contributed by atoms with Gasteiger partial charge >= 0.3 is 6.03 Å². The van der Waals surface area contributed by atoms with Crippen molar-refractivity contribution in [2.75, 3.05) is 0 Å². The standard InChI is InChI=1S/C13H16N2O4/c1-7-4-5-11(10(6-7)8(2)16)19-9(3)12(17)15-13(14)18/h4-6,9H,1-3H3,(H3,14,15,17,18). The van der Waals surface area contributed by atoms with Crippen LogP contribution in [0.2, 0.25) is 0 Å². The van der Waals surface area contributed by atoms with Gasteiger partial charge in [0.1, 0.15) is 5.75 Å². The Kier molecular flexibility index (Phi) is 4.63. The van der Waals surface area contributed by atoms with Crippen LogP contribution in [0.3, 0.4) is 0 Å². The Balaban J connectivity index is 2.90. The SMILES string of the molecule is CC(=O)c1cc(C)ccc1OC(C)C(=O)NC(N)=O. The molecule has 6 heteroatoms. The summed E-state index contributed by atoms with van der Waals surface area (Å²) in [6, 6.07) is 4.10. The minimum Gasteiger partial charge on any atom is -0.480 e. The normalized spacial score (nSPS) is 11.5. The van der Waals surface area contributed by atoms with Gasteiger partial charge in [0.25, 0.3) is 5.91 Å². The molecule has 102 valence electrons. The van der Waals surface area contributed by atoms with Gasteiger partial charge in [0.05, 0.1) is 5.56 Å². The van der Waals surface area contributed by atoms with Gasteiger partial charge in [0.2, 0.25) is 0 Å². The molecule has 0 aliphatic heterocycles. The van der Waals surface area contributed by atoms with Crippen LogP contribution in [0.25, 0.3) is 0 Å². The van der Waals surface area contributed by atoms with E-state index < -0.39 is 18.0 Å². The van der Waals surface area contributed by atoms with Crippen molar-refractivity contribution in [3.8, 4) is 5.75 Å². The molecule has 0 spiro atoms. The average molecular weight is 264 g/mol. The highest BCUT2D eigenvalue weighted by Gasteiger charge is 2.18. The number of carbonyl (C=O) groups is 3. The van der Waals surface area contributed by atoms with Gasteiger partial charge in [-0.3, -0.25) is 14.9 Å². The second-order valence-corrected chi connectivity index (χ2v) is 4.17. The topological polar surface area (TPSA) is 98.5 Å². The fourth-order valence-electron chi connectivity index (χ4n) is 1.49. The molecular weight excluding hydrogens is 248 g/mol. The summed E-state index contributed by atoms with van der Waals surface area (Å²) in [7, 11) is 0. The van der Waals surface area contributed by atoms with Crippen LogP contribution in [0.5, 0.6) is 5.75 Å². The predicted octanol–water partition coefficient (Wildman–Crippen LogP) is 1.16. The second kappa shape index (κ2) is 5.99. The van der Waals surface area contributed by atoms with Crippen molar-refractivity contribution in [1.82, 2.24) is 5.32 Å². The van der Waals surface area contributed by atoms with Gasteiger partial charge in [-0.2, -0.15) is 0 Å². The largest absolute Gasteiger partial charge is 0.480 e. The molecule has 1 aromatic carbocycles. The number of urea groups is 1. The number of imide groups is 1. The van der Waals surface area contributed by atoms with Crippen LogP contribution in [-0.2, 0) is 4.79 Å². The number of hydrogen-bond acceptors (Lipinski definition) is 4. The maximum absolute atomic E-state index is 11.5. The summed E-state index contributed by atoms with van der Waals surface area (Å²) >= 11 is 0. The number of nitrogens with one attached hydrogen (secondary N) is 1. The molecule has 0 bridgehead atoms. The maximum atomic E-state index is 11.5. The highest BCUT2D eigenvalue weighted by molar-refractivity contribution is 5.98. The van der Waals surface area contributed by atoms with E-state index in [1.807, 2.05) is 12.2 Å². The Bertz CT molecular complexity index is 525. The lowest BCUT2D eigenvalue weighted by Crippen LogP contribution is -2.42. The summed E-state index contributed by atoms with van der Waals surface area (Å²) in [5.41, 5.74) is 6.14. The number of amides is 3. The minimum absolute atomic E-state index is 0.166. The third-order valence-electron chi connectivity index (χ3n) is 2.43.